The van der Waals surface area contributed by atoms with Crippen molar-refractivity contribution in [3.8, 4) is 5.75 Å². The minimum absolute atomic E-state index is 0.0688. The molecule has 1 aromatic carbocycles. The number of esters is 1. The Morgan fingerprint density at radius 1 is 1.29 bits per heavy atom. The standard InChI is InChI=1S/C17H13ClN2O4/c1-10-2-4-14(21)13(6-10)17(23)24-9-12-7-16(22)20-8-11(18)3-5-15(20)19-12/h2-8,21H,9H2,1H3. The number of halogens is 1. The van der Waals surface area contributed by atoms with Crippen LogP contribution in [0.15, 0.2) is 47.4 Å². The van der Waals surface area contributed by atoms with Crippen molar-refractivity contribution >= 4 is 23.2 Å². The summed E-state index contributed by atoms with van der Waals surface area (Å²) in [6.07, 6.45) is 1.47. The average molecular weight is 345 g/mol. The number of hydrogen-bond acceptors (Lipinski definition) is 5. The van der Waals surface area contributed by atoms with E-state index in [0.717, 1.165) is 5.56 Å². The number of ether oxygens (including phenoxy) is 1. The molecule has 24 heavy (non-hydrogen) atoms. The zero-order valence-electron chi connectivity index (χ0n) is 12.7. The Kier molecular flexibility index (Phi) is 4.22. The SMILES string of the molecule is Cc1ccc(O)c(C(=O)OCc2cc(=O)n3cc(Cl)ccc3n2)c1. The first-order valence-corrected chi connectivity index (χ1v) is 7.46. The minimum Gasteiger partial charge on any atom is -0.507 e. The van der Waals surface area contributed by atoms with Crippen LogP contribution in [-0.4, -0.2) is 20.5 Å². The highest BCUT2D eigenvalue weighted by Crippen LogP contribution is 2.19. The molecule has 0 aliphatic carbocycles. The lowest BCUT2D eigenvalue weighted by Crippen LogP contribution is -2.16. The summed E-state index contributed by atoms with van der Waals surface area (Å²) in [6, 6.07) is 9.12. The molecule has 1 N–H and O–H groups in total. The summed E-state index contributed by atoms with van der Waals surface area (Å²) in [7, 11) is 0. The van der Waals surface area contributed by atoms with Crippen molar-refractivity contribution < 1.29 is 14.6 Å². The monoisotopic (exact) mass is 344 g/mol. The Morgan fingerprint density at radius 2 is 2.08 bits per heavy atom. The predicted molar refractivity (Wildman–Crippen MR) is 88.4 cm³/mol. The van der Waals surface area contributed by atoms with E-state index in [4.69, 9.17) is 16.3 Å². The molecular weight excluding hydrogens is 332 g/mol. The van der Waals surface area contributed by atoms with Gasteiger partial charge in [-0.25, -0.2) is 9.78 Å². The largest absolute Gasteiger partial charge is 0.507 e. The van der Waals surface area contributed by atoms with Gasteiger partial charge in [-0.15, -0.1) is 0 Å². The number of fused-ring (bicyclic) bond motifs is 1. The number of phenols is 1. The second-order valence-electron chi connectivity index (χ2n) is 5.26. The van der Waals surface area contributed by atoms with Crippen LogP contribution in [0.1, 0.15) is 21.6 Å². The van der Waals surface area contributed by atoms with Gasteiger partial charge in [-0.3, -0.25) is 9.20 Å². The van der Waals surface area contributed by atoms with Crippen LogP contribution in [0, 0.1) is 6.92 Å². The molecule has 0 saturated carbocycles. The van der Waals surface area contributed by atoms with E-state index in [9.17, 15) is 14.7 Å². The summed E-state index contributed by atoms with van der Waals surface area (Å²) >= 11 is 5.85. The van der Waals surface area contributed by atoms with Crippen molar-refractivity contribution in [2.24, 2.45) is 0 Å². The smallest absolute Gasteiger partial charge is 0.342 e. The van der Waals surface area contributed by atoms with Gasteiger partial charge >= 0.3 is 5.97 Å². The van der Waals surface area contributed by atoms with E-state index >= 15 is 0 Å². The summed E-state index contributed by atoms with van der Waals surface area (Å²) in [5.41, 5.74) is 1.27. The van der Waals surface area contributed by atoms with Gasteiger partial charge in [0.25, 0.3) is 5.56 Å². The van der Waals surface area contributed by atoms with Crippen LogP contribution in [-0.2, 0) is 11.3 Å². The number of benzene rings is 1. The summed E-state index contributed by atoms with van der Waals surface area (Å²) in [5.74, 6) is -0.846. The fourth-order valence-electron chi connectivity index (χ4n) is 2.23. The van der Waals surface area contributed by atoms with Crippen LogP contribution in [0.5, 0.6) is 5.75 Å². The predicted octanol–water partition coefficient (Wildman–Crippen LogP) is 2.72. The number of carbonyl (C=O) groups excluding carboxylic acids is 1. The van der Waals surface area contributed by atoms with Gasteiger partial charge in [0.05, 0.1) is 10.7 Å². The lowest BCUT2D eigenvalue weighted by atomic mass is 10.1. The molecule has 0 spiro atoms. The maximum absolute atomic E-state index is 12.1. The number of aromatic nitrogens is 2. The molecule has 0 unspecified atom stereocenters. The zero-order valence-corrected chi connectivity index (χ0v) is 13.4. The third-order valence-corrected chi connectivity index (χ3v) is 3.62. The van der Waals surface area contributed by atoms with E-state index in [2.05, 4.69) is 4.98 Å². The zero-order chi connectivity index (χ0) is 17.3. The quantitative estimate of drug-likeness (QED) is 0.739. The van der Waals surface area contributed by atoms with Crippen LogP contribution in [0.3, 0.4) is 0 Å². The Labute approximate surface area is 141 Å². The van der Waals surface area contributed by atoms with Crippen LogP contribution < -0.4 is 5.56 Å². The lowest BCUT2D eigenvalue weighted by Gasteiger charge is -2.08. The second-order valence-corrected chi connectivity index (χ2v) is 5.69. The Morgan fingerprint density at radius 3 is 2.88 bits per heavy atom. The number of pyridine rings is 1. The number of nitrogens with zero attached hydrogens (tertiary/aromatic N) is 2. The van der Waals surface area contributed by atoms with E-state index in [1.54, 1.807) is 25.1 Å². The number of rotatable bonds is 3. The fourth-order valence-corrected chi connectivity index (χ4v) is 2.39. The second kappa shape index (κ2) is 6.33. The normalized spacial score (nSPS) is 10.8. The molecule has 0 aliphatic rings. The van der Waals surface area contributed by atoms with E-state index in [-0.39, 0.29) is 23.5 Å². The number of aryl methyl sites for hydroxylation is 1. The van der Waals surface area contributed by atoms with Gasteiger partial charge in [-0.05, 0) is 31.2 Å². The van der Waals surface area contributed by atoms with Crippen LogP contribution in [0.25, 0.3) is 5.65 Å². The average Bonchev–Trinajstić information content (AvgIpc) is 2.55. The summed E-state index contributed by atoms with van der Waals surface area (Å²) in [4.78, 5) is 28.4. The minimum atomic E-state index is -0.686. The first-order chi connectivity index (χ1) is 11.4. The molecule has 6 nitrogen and oxygen atoms in total. The summed E-state index contributed by atoms with van der Waals surface area (Å²) < 4.78 is 6.45. The first kappa shape index (κ1) is 16.0. The molecule has 0 aliphatic heterocycles. The van der Waals surface area contributed by atoms with Gasteiger partial charge in [0.15, 0.2) is 0 Å². The maximum atomic E-state index is 12.1. The molecule has 7 heteroatoms. The summed E-state index contributed by atoms with van der Waals surface area (Å²) in [5, 5.41) is 10.1. The molecule has 0 atom stereocenters. The third kappa shape index (κ3) is 3.23. The Balaban J connectivity index is 1.83. The highest BCUT2D eigenvalue weighted by molar-refractivity contribution is 6.30. The fraction of sp³-hybridized carbons (Fsp3) is 0.118. The maximum Gasteiger partial charge on any atom is 0.342 e. The Hall–Kier alpha value is -2.86. The number of aromatic hydroxyl groups is 1. The number of hydrogen-bond donors (Lipinski definition) is 1. The van der Waals surface area contributed by atoms with Gasteiger partial charge in [0.1, 0.15) is 23.6 Å². The molecular formula is C17H13ClN2O4. The molecule has 2 heterocycles. The molecule has 3 rings (SSSR count). The highest BCUT2D eigenvalue weighted by atomic mass is 35.5. The van der Waals surface area contributed by atoms with Crippen molar-refractivity contribution in [2.75, 3.05) is 0 Å². The van der Waals surface area contributed by atoms with Crippen molar-refractivity contribution in [3.63, 3.8) is 0 Å². The molecule has 0 radical (unpaired) electrons. The van der Waals surface area contributed by atoms with Crippen molar-refractivity contribution in [3.05, 3.63) is 74.8 Å². The highest BCUT2D eigenvalue weighted by Gasteiger charge is 2.14. The third-order valence-electron chi connectivity index (χ3n) is 3.40. The first-order valence-electron chi connectivity index (χ1n) is 7.08. The van der Waals surface area contributed by atoms with Gasteiger partial charge < -0.3 is 9.84 Å². The molecule has 3 aromatic rings. The lowest BCUT2D eigenvalue weighted by molar-refractivity contribution is 0.0464. The summed E-state index contributed by atoms with van der Waals surface area (Å²) in [6.45, 7) is 1.62. The van der Waals surface area contributed by atoms with E-state index in [0.29, 0.717) is 16.4 Å². The molecule has 0 fully saturated rings. The molecule has 0 bridgehead atoms. The van der Waals surface area contributed by atoms with Crippen LogP contribution >= 0.6 is 11.6 Å². The van der Waals surface area contributed by atoms with Crippen molar-refractivity contribution in [2.45, 2.75) is 13.5 Å². The van der Waals surface area contributed by atoms with Gasteiger partial charge in [0.2, 0.25) is 0 Å². The molecule has 0 amide bonds. The van der Waals surface area contributed by atoms with Crippen molar-refractivity contribution in [1.82, 2.24) is 9.38 Å². The Bertz CT molecular complexity index is 998. The van der Waals surface area contributed by atoms with Gasteiger partial charge in [0, 0.05) is 12.3 Å². The molecule has 122 valence electrons. The molecule has 0 saturated heterocycles. The molecule has 2 aromatic heterocycles. The van der Waals surface area contributed by atoms with Gasteiger partial charge in [-0.1, -0.05) is 23.2 Å². The van der Waals surface area contributed by atoms with Crippen LogP contribution in [0.2, 0.25) is 5.02 Å². The van der Waals surface area contributed by atoms with Gasteiger partial charge in [-0.2, -0.15) is 0 Å². The number of phenolic OH excluding ortho intramolecular Hbond substituents is 1. The topological polar surface area (TPSA) is 80.9 Å². The van der Waals surface area contributed by atoms with Crippen LogP contribution in [0.4, 0.5) is 0 Å². The van der Waals surface area contributed by atoms with E-state index < -0.39 is 5.97 Å². The van der Waals surface area contributed by atoms with Crippen molar-refractivity contribution in [1.29, 1.82) is 0 Å². The van der Waals surface area contributed by atoms with E-state index in [1.807, 2.05) is 0 Å². The van der Waals surface area contributed by atoms with E-state index in [1.165, 1.54) is 28.8 Å². The number of carbonyl (C=O) groups is 1.